The van der Waals surface area contributed by atoms with Gasteiger partial charge in [-0.1, -0.05) is 0 Å². The topological polar surface area (TPSA) is 0 Å². The molecule has 0 amide bonds. The zero-order valence-corrected chi connectivity index (χ0v) is 185. The zero-order chi connectivity index (χ0) is 17.9. The number of rotatable bonds is 3. The minimum atomic E-state index is 0. The zero-order valence-electron chi connectivity index (χ0n) is 43.0. The van der Waals surface area contributed by atoms with Crippen molar-refractivity contribution in [2.75, 3.05) is 0 Å². The Morgan fingerprint density at radius 3 is 0.539 bits per heavy atom. The van der Waals surface area contributed by atoms with Crippen LogP contribution in [-0.2, 0) is 1640 Å². The first kappa shape index (κ1) is 315. The Balaban J connectivity index is -0.00000000374. The molecule has 0 spiro atoms. The first-order chi connectivity index (χ1) is 12.8. The fourth-order valence-electron chi connectivity index (χ4n) is 3.05. The molecule has 0 N–H and O–H groups in total. The summed E-state index contributed by atoms with van der Waals surface area (Å²) >= 11 is 0. The minimum Gasteiger partial charge on any atom is -0.288 e. The van der Waals surface area contributed by atoms with Crippen molar-refractivity contribution in [2.24, 2.45) is 0 Å². The molecule has 0 atom stereocenters. The van der Waals surface area contributed by atoms with Crippen LogP contribution in [0.25, 0.3) is 33.4 Å². The SMILES string of the molecule is [B]c1c(-c2[c-]cccc2)cc(-c2[c-]cccc2)c([B])c1-c1[c-]ccc[c-]1.[Y].[Y].[Y].[Y].[Y].[Y].[Y].[Y].[Y].[Y].[Y].[Y].[Y].[Y].[Y].[Y].[Y].[Y].[Y].[Y].[Y].[Y].[Y].[Y].[Y].[Y].[Y].[Y].[Y].[Y].[Y].[Y].[Y].[Y].[Y].[Y].[Y].[Y].[Y].[Y].[Y].[Y].[Y].[Y].[Y].[Y].[Y].[Y].[Y].[Y]. The van der Waals surface area contributed by atoms with E-state index in [0.29, 0.717) is 10.9 Å². The molecule has 0 aliphatic carbocycles. The van der Waals surface area contributed by atoms with E-state index in [-0.39, 0.29) is 1640 Å². The molecule has 0 saturated heterocycles. The summed E-state index contributed by atoms with van der Waals surface area (Å²) in [5.74, 6) is 0. The van der Waals surface area contributed by atoms with Crippen LogP contribution in [0.15, 0.2) is 72.8 Å². The predicted octanol–water partition coefficient (Wildman–Crippen LogP) is 3.35. The Labute approximate surface area is 1730 Å². The van der Waals surface area contributed by atoms with Crippen LogP contribution in [0, 0.1) is 24.3 Å². The summed E-state index contributed by atoms with van der Waals surface area (Å²) in [4.78, 5) is 0. The van der Waals surface area contributed by atoms with E-state index in [9.17, 15) is 0 Å². The maximum Gasteiger partial charge on any atom is 0.0756 e. The molecule has 52 heteroatoms. The summed E-state index contributed by atoms with van der Waals surface area (Å²) < 4.78 is 0. The molecule has 76 heavy (non-hydrogen) atoms. The second-order valence-corrected chi connectivity index (χ2v) is 5.92. The average Bonchev–Trinajstić information content (AvgIpc) is 2.70. The molecule has 0 aromatic heterocycles. The van der Waals surface area contributed by atoms with Crippen LogP contribution in [0.4, 0.5) is 0 Å². The van der Waals surface area contributed by atoms with Gasteiger partial charge in [0.05, 0.1) is 15.7 Å². The van der Waals surface area contributed by atoms with Crippen molar-refractivity contribution >= 4 is 26.6 Å². The van der Waals surface area contributed by atoms with Crippen LogP contribution >= 0.6 is 0 Å². The molecule has 0 saturated carbocycles. The van der Waals surface area contributed by atoms with Gasteiger partial charge in [0.25, 0.3) is 0 Å². The van der Waals surface area contributed by atoms with Gasteiger partial charge in [0.1, 0.15) is 0 Å². The van der Waals surface area contributed by atoms with E-state index in [1.165, 1.54) is 0 Å². The second kappa shape index (κ2) is 238. The Hall–Kier alpha value is 52.2. The van der Waals surface area contributed by atoms with Crippen LogP contribution in [0.3, 0.4) is 0 Å². The van der Waals surface area contributed by atoms with Gasteiger partial charge >= 0.3 is 0 Å². The van der Waals surface area contributed by atoms with Gasteiger partial charge in [-0.05, 0) is 0 Å². The van der Waals surface area contributed by atoms with Gasteiger partial charge in [-0.3, -0.25) is 17.7 Å². The first-order valence-electron chi connectivity index (χ1n) is 8.30. The van der Waals surface area contributed by atoms with Gasteiger partial charge in [0.2, 0.25) is 0 Å². The van der Waals surface area contributed by atoms with Crippen molar-refractivity contribution in [3.05, 3.63) is 97.1 Å². The molecule has 0 bridgehead atoms. The van der Waals surface area contributed by atoms with E-state index in [1.54, 1.807) is 0 Å². The van der Waals surface area contributed by atoms with Gasteiger partial charge in [0.15, 0.2) is 0 Å². The third-order valence-corrected chi connectivity index (χ3v) is 4.30. The van der Waals surface area contributed by atoms with Crippen molar-refractivity contribution in [1.29, 1.82) is 0 Å². The number of hydrogen-bond donors (Lipinski definition) is 0. The number of hydrogen-bond acceptors (Lipinski definition) is 0. The largest absolute Gasteiger partial charge is 0.288 e. The average molecular weight is 4770 g/mol. The Kier molecular flexibility index (Phi) is 986. The molecule has 0 nitrogen and oxygen atoms in total. The smallest absolute Gasteiger partial charge is 0.0756 e. The predicted molar refractivity (Wildman–Crippen MR) is 109 cm³/mol. The summed E-state index contributed by atoms with van der Waals surface area (Å²) in [6.45, 7) is 0. The molecular weight excluding hydrogens is 4760 g/mol. The molecule has 0 aliphatic heterocycles. The van der Waals surface area contributed by atoms with Crippen LogP contribution in [0.2, 0.25) is 0 Å². The maximum absolute atomic E-state index is 6.54. The first-order valence-corrected chi connectivity index (χ1v) is 8.30. The summed E-state index contributed by atoms with van der Waals surface area (Å²) in [5.41, 5.74) is 6.29. The van der Waals surface area contributed by atoms with Crippen molar-refractivity contribution < 1.29 is 1640 Å². The van der Waals surface area contributed by atoms with Crippen LogP contribution < -0.4 is 10.9 Å². The Morgan fingerprint density at radius 1 is 0.211 bits per heavy atom. The Bertz CT molecular complexity index is 1030. The van der Waals surface area contributed by atoms with E-state index in [2.05, 4.69) is 24.3 Å². The van der Waals surface area contributed by atoms with E-state index >= 15 is 0 Å². The minimum absolute atomic E-state index is 0. The molecule has 0 heterocycles. The molecule has 4 rings (SSSR count). The molecular formula is C24H12B2Y50-4. The second-order valence-electron chi connectivity index (χ2n) is 5.92. The van der Waals surface area contributed by atoms with E-state index in [0.717, 1.165) is 33.4 Å². The summed E-state index contributed by atoms with van der Waals surface area (Å²) in [6.07, 6.45) is 0. The van der Waals surface area contributed by atoms with Crippen molar-refractivity contribution in [2.45, 2.75) is 0 Å². The molecule has 54 radical (unpaired) electrons. The molecule has 0 unspecified atom stereocenters. The molecule has 4 aromatic rings. The normalized spacial score (nSPS) is 3.63. The van der Waals surface area contributed by atoms with Gasteiger partial charge in [-0.15, -0.1) is 89.0 Å². The Morgan fingerprint density at radius 2 is 0.382 bits per heavy atom. The van der Waals surface area contributed by atoms with Crippen molar-refractivity contribution in [3.63, 3.8) is 0 Å². The van der Waals surface area contributed by atoms with Gasteiger partial charge < -0.3 is 0 Å². The molecule has 268 valence electrons. The number of benzene rings is 4. The standard InChI is InChI=1S/C24H12B2.50Y/c25-23-20(17-10-4-1-5-11-17)16-21(18-12-6-2-7-13-18)24(26)22(23)19-14-8-3-9-15-19;;;;;;;;;;;;;;;;;;;;;;;;;;;;;;;;;;;;;;;;;;;;;;;;;;/h1-10,12,16H;;;;;;;;;;;;;;;;;;;;;;;;;;;;;;;;;;;;;;;;;;;;;;;;;;/q-4;;;;;;;;;;;;;;;;;;;;;;;;;;;;;;;;;;;;;;;;;;;;;;;;;;. The fourth-order valence-corrected chi connectivity index (χ4v) is 3.05. The third kappa shape index (κ3) is 169. The van der Waals surface area contributed by atoms with Gasteiger partial charge in [-0.25, -0.2) is 34.7 Å². The van der Waals surface area contributed by atoms with Crippen LogP contribution in [0.5, 0.6) is 0 Å². The monoisotopic (exact) mass is 4770 g/mol. The van der Waals surface area contributed by atoms with Gasteiger partial charge in [0, 0.05) is 1640 Å². The van der Waals surface area contributed by atoms with E-state index in [4.69, 9.17) is 15.7 Å². The molecule has 4 aromatic carbocycles. The van der Waals surface area contributed by atoms with E-state index in [1.807, 2.05) is 72.8 Å². The maximum atomic E-state index is 6.54. The van der Waals surface area contributed by atoms with Crippen molar-refractivity contribution in [3.8, 4) is 33.4 Å². The summed E-state index contributed by atoms with van der Waals surface area (Å²) in [7, 11) is 13.1. The summed E-state index contributed by atoms with van der Waals surface area (Å²) in [5, 5.41) is 0. The fraction of sp³-hybridized carbons (Fsp3) is 0. The van der Waals surface area contributed by atoms with Crippen molar-refractivity contribution in [1.82, 2.24) is 0 Å². The quantitative estimate of drug-likeness (QED) is 0.219. The van der Waals surface area contributed by atoms with Crippen LogP contribution in [-0.4, -0.2) is 15.7 Å². The molecule has 0 aliphatic rings. The van der Waals surface area contributed by atoms with Crippen LogP contribution in [0.1, 0.15) is 0 Å². The van der Waals surface area contributed by atoms with Gasteiger partial charge in [-0.2, -0.15) is 0 Å². The third-order valence-electron chi connectivity index (χ3n) is 4.30. The summed E-state index contributed by atoms with van der Waals surface area (Å²) in [6, 6.07) is 36.0. The van der Waals surface area contributed by atoms with E-state index < -0.39 is 0 Å². The molecule has 0 fully saturated rings.